The van der Waals surface area contributed by atoms with E-state index in [1.54, 1.807) is 0 Å². The van der Waals surface area contributed by atoms with Gasteiger partial charge in [-0.25, -0.2) is 4.79 Å². The average Bonchev–Trinajstić information content (AvgIpc) is 2.57. The Kier molecular flexibility index (Phi) is 6.48. The molecule has 2 N–H and O–H groups in total. The molecule has 2 amide bonds. The minimum absolute atomic E-state index is 0.0139. The van der Waals surface area contributed by atoms with Crippen LogP contribution in [0.1, 0.15) is 30.5 Å². The van der Waals surface area contributed by atoms with Crippen molar-refractivity contribution in [2.24, 2.45) is 0 Å². The lowest BCUT2D eigenvalue weighted by Crippen LogP contribution is -2.37. The van der Waals surface area contributed by atoms with Crippen LogP contribution >= 0.6 is 0 Å². The zero-order chi connectivity index (χ0) is 16.5. The number of hydrogen-bond acceptors (Lipinski definition) is 2. The summed E-state index contributed by atoms with van der Waals surface area (Å²) >= 11 is 0. The number of carbonyl (C=O) groups excluding carboxylic acids is 1. The van der Waals surface area contributed by atoms with Crippen LogP contribution in [0.4, 0.5) is 4.79 Å². The van der Waals surface area contributed by atoms with Crippen molar-refractivity contribution >= 4 is 6.03 Å². The van der Waals surface area contributed by atoms with Crippen LogP contribution in [0.15, 0.2) is 54.6 Å². The molecule has 0 saturated carbocycles. The molecular formula is C19H24N2O2. The van der Waals surface area contributed by atoms with Crippen molar-refractivity contribution in [3.63, 3.8) is 0 Å². The molecule has 4 heteroatoms. The van der Waals surface area contributed by atoms with Crippen molar-refractivity contribution in [3.05, 3.63) is 65.7 Å². The molecule has 0 saturated heterocycles. The first-order chi connectivity index (χ1) is 11.1. The molecule has 0 aliphatic heterocycles. The summed E-state index contributed by atoms with van der Waals surface area (Å²) in [5.41, 5.74) is 2.30. The smallest absolute Gasteiger partial charge is 0.315 e. The molecule has 0 aromatic heterocycles. The van der Waals surface area contributed by atoms with Gasteiger partial charge in [0.1, 0.15) is 5.75 Å². The molecule has 122 valence electrons. The van der Waals surface area contributed by atoms with Crippen LogP contribution < -0.4 is 15.4 Å². The van der Waals surface area contributed by atoms with Crippen molar-refractivity contribution in [1.82, 2.24) is 10.6 Å². The van der Waals surface area contributed by atoms with Gasteiger partial charge in [-0.05, 0) is 38.0 Å². The molecule has 1 atom stereocenters. The molecule has 0 spiro atoms. The highest BCUT2D eigenvalue weighted by atomic mass is 16.5. The number of rotatable bonds is 7. The van der Waals surface area contributed by atoms with Gasteiger partial charge in [-0.1, -0.05) is 48.0 Å². The summed E-state index contributed by atoms with van der Waals surface area (Å²) in [6.45, 7) is 5.18. The Balaban J connectivity index is 1.60. The molecule has 0 heterocycles. The maximum absolute atomic E-state index is 11.8. The molecule has 0 fully saturated rings. The molecule has 0 aliphatic rings. The van der Waals surface area contributed by atoms with E-state index in [9.17, 15) is 4.79 Å². The Hall–Kier alpha value is -2.49. The summed E-state index contributed by atoms with van der Waals surface area (Å²) < 4.78 is 5.62. The van der Waals surface area contributed by atoms with Gasteiger partial charge >= 0.3 is 6.03 Å². The fourth-order valence-electron chi connectivity index (χ4n) is 2.17. The van der Waals surface area contributed by atoms with E-state index in [0.717, 1.165) is 17.7 Å². The van der Waals surface area contributed by atoms with Crippen molar-refractivity contribution in [2.75, 3.05) is 13.2 Å². The van der Waals surface area contributed by atoms with Crippen molar-refractivity contribution < 1.29 is 9.53 Å². The highest BCUT2D eigenvalue weighted by molar-refractivity contribution is 5.74. The maximum atomic E-state index is 11.8. The van der Waals surface area contributed by atoms with Gasteiger partial charge in [0.05, 0.1) is 12.6 Å². The van der Waals surface area contributed by atoms with Gasteiger partial charge in [0.15, 0.2) is 0 Å². The van der Waals surface area contributed by atoms with Crippen molar-refractivity contribution in [2.45, 2.75) is 26.3 Å². The van der Waals surface area contributed by atoms with E-state index >= 15 is 0 Å². The number of benzene rings is 2. The fourth-order valence-corrected chi connectivity index (χ4v) is 2.17. The summed E-state index contributed by atoms with van der Waals surface area (Å²) in [5, 5.41) is 5.77. The maximum Gasteiger partial charge on any atom is 0.315 e. The normalized spacial score (nSPS) is 11.6. The van der Waals surface area contributed by atoms with Gasteiger partial charge in [-0.15, -0.1) is 0 Å². The summed E-state index contributed by atoms with van der Waals surface area (Å²) in [4.78, 5) is 11.8. The van der Waals surface area contributed by atoms with Crippen LogP contribution in [0, 0.1) is 6.92 Å². The van der Waals surface area contributed by atoms with Crippen molar-refractivity contribution in [3.8, 4) is 5.75 Å². The third-order valence-electron chi connectivity index (χ3n) is 3.54. The largest absolute Gasteiger partial charge is 0.494 e. The highest BCUT2D eigenvalue weighted by Gasteiger charge is 2.07. The molecule has 23 heavy (non-hydrogen) atoms. The fraction of sp³-hybridized carbons (Fsp3) is 0.316. The third kappa shape index (κ3) is 6.02. The van der Waals surface area contributed by atoms with Gasteiger partial charge in [-0.2, -0.15) is 0 Å². The van der Waals surface area contributed by atoms with Crippen LogP contribution in [0.5, 0.6) is 5.75 Å². The average molecular weight is 312 g/mol. The molecular weight excluding hydrogens is 288 g/mol. The second-order valence-corrected chi connectivity index (χ2v) is 5.55. The van der Waals surface area contributed by atoms with Crippen LogP contribution in [-0.4, -0.2) is 19.2 Å². The molecule has 0 aliphatic carbocycles. The molecule has 0 radical (unpaired) electrons. The summed E-state index contributed by atoms with van der Waals surface area (Å²) in [6, 6.07) is 17.7. The first-order valence-electron chi connectivity index (χ1n) is 7.94. The van der Waals surface area contributed by atoms with Crippen LogP contribution in [0.3, 0.4) is 0 Å². The topological polar surface area (TPSA) is 50.4 Å². The van der Waals surface area contributed by atoms with E-state index in [2.05, 4.69) is 10.6 Å². The lowest BCUT2D eigenvalue weighted by molar-refractivity contribution is 0.236. The second kappa shape index (κ2) is 8.83. The predicted molar refractivity (Wildman–Crippen MR) is 92.7 cm³/mol. The molecule has 2 rings (SSSR count). The van der Waals surface area contributed by atoms with E-state index in [0.29, 0.717) is 13.2 Å². The number of carbonyl (C=O) groups is 1. The zero-order valence-electron chi connectivity index (χ0n) is 13.7. The Bertz CT molecular complexity index is 597. The lowest BCUT2D eigenvalue weighted by atomic mass is 10.1. The standard InChI is InChI=1S/C19H24N2O2/c1-15-9-11-18(12-10-15)23-14-6-13-20-19(22)21-16(2)17-7-4-3-5-8-17/h3-5,7-12,16H,6,13-14H2,1-2H3,(H2,20,21,22). The number of ether oxygens (including phenoxy) is 1. The summed E-state index contributed by atoms with van der Waals surface area (Å²) in [5.74, 6) is 0.859. The molecule has 2 aromatic rings. The van der Waals surface area contributed by atoms with Crippen LogP contribution in [0.2, 0.25) is 0 Å². The third-order valence-corrected chi connectivity index (χ3v) is 3.54. The predicted octanol–water partition coefficient (Wildman–Crippen LogP) is 3.82. The zero-order valence-corrected chi connectivity index (χ0v) is 13.7. The minimum Gasteiger partial charge on any atom is -0.494 e. The number of amides is 2. The summed E-state index contributed by atoms with van der Waals surface area (Å²) in [7, 11) is 0. The van der Waals surface area contributed by atoms with Crippen molar-refractivity contribution in [1.29, 1.82) is 0 Å². The van der Waals surface area contributed by atoms with E-state index in [1.165, 1.54) is 5.56 Å². The first kappa shape index (κ1) is 16.9. The van der Waals surface area contributed by atoms with Gasteiger partial charge in [0, 0.05) is 6.54 Å². The van der Waals surface area contributed by atoms with Gasteiger partial charge in [0.2, 0.25) is 0 Å². The molecule has 0 bridgehead atoms. The Morgan fingerprint density at radius 1 is 1.09 bits per heavy atom. The monoisotopic (exact) mass is 312 g/mol. The SMILES string of the molecule is Cc1ccc(OCCCNC(=O)NC(C)c2ccccc2)cc1. The van der Waals surface area contributed by atoms with Crippen LogP contribution in [0.25, 0.3) is 0 Å². The molecule has 1 unspecified atom stereocenters. The second-order valence-electron chi connectivity index (χ2n) is 5.55. The first-order valence-corrected chi connectivity index (χ1v) is 7.94. The van der Waals surface area contributed by atoms with E-state index < -0.39 is 0 Å². The Morgan fingerprint density at radius 3 is 2.48 bits per heavy atom. The van der Waals surface area contributed by atoms with E-state index in [-0.39, 0.29) is 12.1 Å². The summed E-state index contributed by atoms with van der Waals surface area (Å²) in [6.07, 6.45) is 0.765. The van der Waals surface area contributed by atoms with Crippen LogP contribution in [-0.2, 0) is 0 Å². The van der Waals surface area contributed by atoms with Gasteiger partial charge in [0.25, 0.3) is 0 Å². The van der Waals surface area contributed by atoms with Gasteiger partial charge in [-0.3, -0.25) is 0 Å². The highest BCUT2D eigenvalue weighted by Crippen LogP contribution is 2.12. The molecule has 4 nitrogen and oxygen atoms in total. The Morgan fingerprint density at radius 2 is 1.78 bits per heavy atom. The molecule has 2 aromatic carbocycles. The number of urea groups is 1. The number of aryl methyl sites for hydroxylation is 1. The minimum atomic E-state index is -0.156. The lowest BCUT2D eigenvalue weighted by Gasteiger charge is -2.15. The van der Waals surface area contributed by atoms with E-state index in [4.69, 9.17) is 4.74 Å². The number of nitrogens with one attached hydrogen (secondary N) is 2. The number of hydrogen-bond donors (Lipinski definition) is 2. The van der Waals surface area contributed by atoms with E-state index in [1.807, 2.05) is 68.4 Å². The van der Waals surface area contributed by atoms with Gasteiger partial charge < -0.3 is 15.4 Å². The Labute approximate surface area is 137 Å². The quantitative estimate of drug-likeness (QED) is 0.764.